The predicted molar refractivity (Wildman–Crippen MR) is 86.2 cm³/mol. The molecule has 2 heterocycles. The predicted octanol–water partition coefficient (Wildman–Crippen LogP) is 4.05. The van der Waals surface area contributed by atoms with E-state index in [0.29, 0.717) is 16.3 Å². The Labute approximate surface area is 133 Å². The number of nitrogens with zero attached hydrogens (tertiary/aromatic N) is 2. The molecule has 0 saturated carbocycles. The molecule has 0 amide bonds. The van der Waals surface area contributed by atoms with E-state index in [-0.39, 0.29) is 30.2 Å². The number of halogens is 3. The molecule has 4 aliphatic rings. The minimum absolute atomic E-state index is 0. The summed E-state index contributed by atoms with van der Waals surface area (Å²) >= 11 is 6.20. The van der Waals surface area contributed by atoms with E-state index in [4.69, 9.17) is 11.6 Å². The van der Waals surface area contributed by atoms with Crippen molar-refractivity contribution in [3.63, 3.8) is 0 Å². The van der Waals surface area contributed by atoms with Gasteiger partial charge in [-0.3, -0.25) is 0 Å². The van der Waals surface area contributed by atoms with Gasteiger partial charge in [0.15, 0.2) is 5.83 Å². The van der Waals surface area contributed by atoms with E-state index in [0.717, 1.165) is 11.4 Å². The van der Waals surface area contributed by atoms with Crippen LogP contribution in [-0.2, 0) is 0 Å². The monoisotopic (exact) mass is 322 g/mol. The number of hydrogen-bond donors (Lipinski definition) is 0. The Bertz CT molecular complexity index is 723. The molecule has 0 radical (unpaired) electrons. The number of fused-ring (bicyclic) bond motifs is 3. The smallest absolute Gasteiger partial charge is 0.156 e. The van der Waals surface area contributed by atoms with Crippen molar-refractivity contribution >= 4 is 29.7 Å². The molecule has 2 aliphatic heterocycles. The van der Waals surface area contributed by atoms with E-state index >= 15 is 0 Å². The van der Waals surface area contributed by atoms with Gasteiger partial charge in [-0.25, -0.2) is 9.38 Å². The molecule has 0 aromatic carbocycles. The van der Waals surface area contributed by atoms with Crippen LogP contribution in [0.15, 0.2) is 75.4 Å². The highest BCUT2D eigenvalue weighted by molar-refractivity contribution is 6.45. The SMILES string of the molecule is CN1C2=C(N=C3C(Cl)=CC=CC32)C(F)=C2C=CC=CC21.Cl. The third-order valence-electron chi connectivity index (χ3n) is 4.11. The van der Waals surface area contributed by atoms with E-state index in [1.165, 1.54) is 0 Å². The minimum atomic E-state index is -0.233. The number of rotatable bonds is 0. The van der Waals surface area contributed by atoms with E-state index in [1.54, 1.807) is 6.08 Å². The van der Waals surface area contributed by atoms with Crippen LogP contribution in [0.2, 0.25) is 0 Å². The van der Waals surface area contributed by atoms with E-state index in [2.05, 4.69) is 9.89 Å². The molecule has 0 N–H and O–H groups in total. The topological polar surface area (TPSA) is 15.6 Å². The molecule has 2 nitrogen and oxygen atoms in total. The highest BCUT2D eigenvalue weighted by Crippen LogP contribution is 2.44. The summed E-state index contributed by atoms with van der Waals surface area (Å²) in [6.07, 6.45) is 13.3. The second-order valence-electron chi connectivity index (χ2n) is 5.18. The molecule has 2 unspecified atom stereocenters. The van der Waals surface area contributed by atoms with Crippen molar-refractivity contribution in [1.82, 2.24) is 4.90 Å². The average Bonchev–Trinajstić information content (AvgIpc) is 2.86. The summed E-state index contributed by atoms with van der Waals surface area (Å²) in [5, 5.41) is 0.590. The first-order valence-electron chi connectivity index (χ1n) is 6.53. The van der Waals surface area contributed by atoms with Crippen molar-refractivity contribution in [3.8, 4) is 0 Å². The molecule has 0 saturated heterocycles. The van der Waals surface area contributed by atoms with Crippen LogP contribution in [0.3, 0.4) is 0 Å². The molecule has 0 aromatic rings. The third-order valence-corrected chi connectivity index (χ3v) is 4.43. The fraction of sp³-hybridized carbons (Fsp3) is 0.188. The van der Waals surface area contributed by atoms with Crippen LogP contribution in [0.25, 0.3) is 0 Å². The Morgan fingerprint density at radius 3 is 2.86 bits per heavy atom. The van der Waals surface area contributed by atoms with Gasteiger partial charge in [0.05, 0.1) is 28.4 Å². The normalized spacial score (nSPS) is 28.8. The number of aliphatic imine (C=N–C) groups is 1. The first-order valence-corrected chi connectivity index (χ1v) is 6.91. The lowest BCUT2D eigenvalue weighted by Gasteiger charge is -2.37. The summed E-state index contributed by atoms with van der Waals surface area (Å²) in [4.78, 5) is 6.54. The first-order chi connectivity index (χ1) is 9.68. The lowest BCUT2D eigenvalue weighted by molar-refractivity contribution is 0.351. The van der Waals surface area contributed by atoms with Crippen molar-refractivity contribution in [2.45, 2.75) is 6.04 Å². The highest BCUT2D eigenvalue weighted by atomic mass is 35.5. The maximum Gasteiger partial charge on any atom is 0.156 e. The lowest BCUT2D eigenvalue weighted by Crippen LogP contribution is -2.38. The van der Waals surface area contributed by atoms with E-state index < -0.39 is 0 Å². The van der Waals surface area contributed by atoms with Gasteiger partial charge in [0.25, 0.3) is 0 Å². The zero-order chi connectivity index (χ0) is 13.9. The van der Waals surface area contributed by atoms with Gasteiger partial charge in [-0.05, 0) is 6.08 Å². The summed E-state index contributed by atoms with van der Waals surface area (Å²) in [6.45, 7) is 0. The Morgan fingerprint density at radius 1 is 1.24 bits per heavy atom. The van der Waals surface area contributed by atoms with E-state index in [9.17, 15) is 4.39 Å². The molecule has 0 bridgehead atoms. The van der Waals surface area contributed by atoms with Crippen LogP contribution in [0.5, 0.6) is 0 Å². The molecular formula is C16H13Cl2FN2. The van der Waals surface area contributed by atoms with Crippen LogP contribution in [0, 0.1) is 5.92 Å². The van der Waals surface area contributed by atoms with Gasteiger partial charge in [0, 0.05) is 12.6 Å². The van der Waals surface area contributed by atoms with Gasteiger partial charge in [-0.2, -0.15) is 0 Å². The third kappa shape index (κ3) is 1.88. The molecule has 0 spiro atoms. The summed E-state index contributed by atoms with van der Waals surface area (Å²) in [7, 11) is 1.98. The maximum absolute atomic E-state index is 14.7. The van der Waals surface area contributed by atoms with Gasteiger partial charge >= 0.3 is 0 Å². The molecule has 108 valence electrons. The molecule has 2 atom stereocenters. The highest BCUT2D eigenvalue weighted by Gasteiger charge is 2.41. The van der Waals surface area contributed by atoms with Gasteiger partial charge in [0.1, 0.15) is 5.70 Å². The summed E-state index contributed by atoms with van der Waals surface area (Å²) in [6, 6.07) is -0.0635. The van der Waals surface area contributed by atoms with Gasteiger partial charge in [-0.15, -0.1) is 12.4 Å². The zero-order valence-electron chi connectivity index (χ0n) is 11.3. The fourth-order valence-corrected chi connectivity index (χ4v) is 3.38. The molecule has 0 fully saturated rings. The van der Waals surface area contributed by atoms with Crippen LogP contribution in [0.4, 0.5) is 4.39 Å². The zero-order valence-corrected chi connectivity index (χ0v) is 12.8. The number of likely N-dealkylation sites (N-methyl/N-ethyl adjacent to an activating group) is 1. The molecular weight excluding hydrogens is 310 g/mol. The van der Waals surface area contributed by atoms with Crippen molar-refractivity contribution in [3.05, 3.63) is 70.4 Å². The molecule has 21 heavy (non-hydrogen) atoms. The van der Waals surface area contributed by atoms with Crippen molar-refractivity contribution in [1.29, 1.82) is 0 Å². The molecule has 0 aromatic heterocycles. The van der Waals surface area contributed by atoms with Crippen molar-refractivity contribution in [2.24, 2.45) is 10.9 Å². The number of hydrogen-bond acceptors (Lipinski definition) is 2. The van der Waals surface area contributed by atoms with Crippen LogP contribution >= 0.6 is 24.0 Å². The largest absolute Gasteiger partial charge is 0.365 e. The van der Waals surface area contributed by atoms with E-state index in [1.807, 2.05) is 43.5 Å². The van der Waals surface area contributed by atoms with Gasteiger partial charge in [-0.1, -0.05) is 48.1 Å². The second-order valence-corrected chi connectivity index (χ2v) is 5.58. The standard InChI is InChI=1S/C16H12ClFN2.ClH/c1-20-12-8-3-2-5-9(12)13(18)15-16(20)10-6-4-7-11(17)14(10)19-15;/h2-8,10,12H,1H3;1H. The fourth-order valence-electron chi connectivity index (χ4n) is 3.15. The Morgan fingerprint density at radius 2 is 2.05 bits per heavy atom. The van der Waals surface area contributed by atoms with Crippen molar-refractivity contribution in [2.75, 3.05) is 7.05 Å². The van der Waals surface area contributed by atoms with Crippen LogP contribution in [0.1, 0.15) is 0 Å². The lowest BCUT2D eigenvalue weighted by atomic mass is 9.89. The molecule has 5 heteroatoms. The number of allylic oxidation sites excluding steroid dienone is 7. The minimum Gasteiger partial charge on any atom is -0.365 e. The summed E-state index contributed by atoms with van der Waals surface area (Å²) in [5.41, 5.74) is 2.74. The maximum atomic E-state index is 14.7. The Kier molecular flexibility index (Phi) is 3.42. The first kappa shape index (κ1) is 14.4. The quantitative estimate of drug-likeness (QED) is 0.657. The van der Waals surface area contributed by atoms with Gasteiger partial charge < -0.3 is 4.90 Å². The van der Waals surface area contributed by atoms with Crippen molar-refractivity contribution < 1.29 is 4.39 Å². The molecule has 4 rings (SSSR count). The summed E-state index contributed by atoms with van der Waals surface area (Å²) in [5.74, 6) is -0.275. The summed E-state index contributed by atoms with van der Waals surface area (Å²) < 4.78 is 14.7. The van der Waals surface area contributed by atoms with Crippen LogP contribution < -0.4 is 0 Å². The van der Waals surface area contributed by atoms with Crippen LogP contribution in [-0.4, -0.2) is 23.7 Å². The van der Waals surface area contributed by atoms with Gasteiger partial charge in [0.2, 0.25) is 0 Å². The second kappa shape index (κ2) is 5.00. The Balaban J connectivity index is 0.00000132. The Hall–Kier alpha value is -1.58. The average molecular weight is 323 g/mol. The molecule has 2 aliphatic carbocycles.